The monoisotopic (exact) mass is 446 g/mol. The standard InChI is InChI=1S/2C6H5NO2.Hg/c2*8-6(9)5-3-1-2-4-7-5;/h2*1-4H,(H,8,9);/q;;+2/p-2. The summed E-state index contributed by atoms with van der Waals surface area (Å²) in [6, 6.07) is 9.25. The van der Waals surface area contributed by atoms with Gasteiger partial charge in [0.25, 0.3) is 0 Å². The summed E-state index contributed by atoms with van der Waals surface area (Å²) in [5.74, 6) is -2.48. The number of nitrogens with zero attached hydrogens (tertiary/aromatic N) is 2. The van der Waals surface area contributed by atoms with Crippen molar-refractivity contribution in [2.75, 3.05) is 0 Å². The molecule has 0 radical (unpaired) electrons. The number of pyridine rings is 2. The van der Waals surface area contributed by atoms with E-state index in [4.69, 9.17) is 0 Å². The van der Waals surface area contributed by atoms with Gasteiger partial charge in [0.1, 0.15) is 0 Å². The fraction of sp³-hybridized carbons (Fsp3) is 0. The molecule has 0 amide bonds. The number of carbonyl (C=O) groups excluding carboxylic acids is 2. The molecule has 19 heavy (non-hydrogen) atoms. The Morgan fingerprint density at radius 1 is 0.789 bits per heavy atom. The van der Waals surface area contributed by atoms with Crippen LogP contribution in [0.2, 0.25) is 0 Å². The summed E-state index contributed by atoms with van der Waals surface area (Å²) in [6.45, 7) is 0. The van der Waals surface area contributed by atoms with Crippen molar-refractivity contribution in [3.8, 4) is 0 Å². The fourth-order valence-corrected chi connectivity index (χ4v) is 0.967. The van der Waals surface area contributed by atoms with E-state index in [-0.39, 0.29) is 39.1 Å². The van der Waals surface area contributed by atoms with Crippen LogP contribution in [0.4, 0.5) is 0 Å². The van der Waals surface area contributed by atoms with E-state index in [2.05, 4.69) is 9.97 Å². The molecule has 2 heterocycles. The number of carbonyl (C=O) groups is 2. The van der Waals surface area contributed by atoms with Crippen molar-refractivity contribution in [2.24, 2.45) is 0 Å². The van der Waals surface area contributed by atoms with E-state index < -0.39 is 11.9 Å². The number of aromatic carboxylic acids is 2. The van der Waals surface area contributed by atoms with Crippen LogP contribution in [0.15, 0.2) is 48.8 Å². The Labute approximate surface area is 129 Å². The zero-order chi connectivity index (χ0) is 13.4. The molecule has 2 aromatic heterocycles. The number of aromatic nitrogens is 2. The van der Waals surface area contributed by atoms with Crippen LogP contribution in [-0.4, -0.2) is 21.9 Å². The molecule has 2 rings (SSSR count). The molecule has 0 unspecified atom stereocenters. The van der Waals surface area contributed by atoms with E-state index in [1.165, 1.54) is 24.5 Å². The predicted molar refractivity (Wildman–Crippen MR) is 57.1 cm³/mol. The Hall–Kier alpha value is -1.82. The second-order valence-corrected chi connectivity index (χ2v) is 3.00. The van der Waals surface area contributed by atoms with Crippen molar-refractivity contribution in [3.05, 3.63) is 60.2 Å². The van der Waals surface area contributed by atoms with E-state index in [0.29, 0.717) is 0 Å². The molecule has 0 bridgehead atoms. The van der Waals surface area contributed by atoms with Crippen LogP contribution in [0.1, 0.15) is 21.0 Å². The van der Waals surface area contributed by atoms with Crippen molar-refractivity contribution in [3.63, 3.8) is 0 Å². The number of hydrogen-bond donors (Lipinski definition) is 0. The van der Waals surface area contributed by atoms with E-state index >= 15 is 0 Å². The van der Waals surface area contributed by atoms with Gasteiger partial charge in [0.05, 0.1) is 23.3 Å². The third-order valence-corrected chi connectivity index (χ3v) is 1.75. The number of hydrogen-bond acceptors (Lipinski definition) is 6. The van der Waals surface area contributed by atoms with Gasteiger partial charge in [-0.15, -0.1) is 0 Å². The average Bonchev–Trinajstić information content (AvgIpc) is 2.41. The number of carboxylic acid groups (broad SMARTS) is 2. The molecule has 0 atom stereocenters. The molecule has 0 fully saturated rings. The van der Waals surface area contributed by atoms with Gasteiger partial charge in [0.15, 0.2) is 0 Å². The van der Waals surface area contributed by atoms with Gasteiger partial charge in [-0.3, -0.25) is 9.97 Å². The van der Waals surface area contributed by atoms with Crippen molar-refractivity contribution in [2.45, 2.75) is 0 Å². The Morgan fingerprint density at radius 3 is 1.32 bits per heavy atom. The molecule has 2 aromatic rings. The summed E-state index contributed by atoms with van der Waals surface area (Å²) >= 11 is 0. The number of rotatable bonds is 2. The zero-order valence-electron chi connectivity index (χ0n) is 9.85. The first-order valence-electron chi connectivity index (χ1n) is 4.86. The third kappa shape index (κ3) is 6.61. The van der Waals surface area contributed by atoms with E-state index in [1.54, 1.807) is 24.3 Å². The Morgan fingerprint density at radius 2 is 1.16 bits per heavy atom. The van der Waals surface area contributed by atoms with Gasteiger partial charge >= 0.3 is 27.7 Å². The summed E-state index contributed by atoms with van der Waals surface area (Å²) in [6.07, 6.45) is 2.82. The van der Waals surface area contributed by atoms with Gasteiger partial charge in [0.2, 0.25) is 0 Å². The van der Waals surface area contributed by atoms with Crippen LogP contribution >= 0.6 is 0 Å². The second kappa shape index (κ2) is 9.15. The average molecular weight is 445 g/mol. The summed E-state index contributed by atoms with van der Waals surface area (Å²) in [5, 5.41) is 20.1. The third-order valence-electron chi connectivity index (χ3n) is 1.75. The Kier molecular flexibility index (Phi) is 8.27. The summed E-state index contributed by atoms with van der Waals surface area (Å²) in [5.41, 5.74) is -0.0602. The first-order chi connectivity index (χ1) is 8.61. The van der Waals surface area contributed by atoms with Gasteiger partial charge in [-0.05, 0) is 24.3 Å². The minimum Gasteiger partial charge on any atom is -0.543 e. The van der Waals surface area contributed by atoms with Crippen LogP contribution in [0.25, 0.3) is 0 Å². The molecule has 6 nitrogen and oxygen atoms in total. The van der Waals surface area contributed by atoms with E-state index in [1.807, 2.05) is 0 Å². The van der Waals surface area contributed by atoms with Crippen molar-refractivity contribution < 1.29 is 47.5 Å². The normalized spacial score (nSPS) is 8.42. The van der Waals surface area contributed by atoms with E-state index in [9.17, 15) is 19.8 Å². The molecule has 0 aliphatic rings. The van der Waals surface area contributed by atoms with Gasteiger partial charge in [-0.25, -0.2) is 0 Å². The van der Waals surface area contributed by atoms with Crippen LogP contribution in [0.3, 0.4) is 0 Å². The molecule has 0 N–H and O–H groups in total. The van der Waals surface area contributed by atoms with Crippen molar-refractivity contribution >= 4 is 11.9 Å². The van der Waals surface area contributed by atoms with Gasteiger partial charge < -0.3 is 19.8 Å². The second-order valence-electron chi connectivity index (χ2n) is 3.00. The molecule has 0 spiro atoms. The molecule has 0 aliphatic carbocycles. The van der Waals surface area contributed by atoms with Gasteiger partial charge in [-0.2, -0.15) is 0 Å². The minimum atomic E-state index is -1.24. The largest absolute Gasteiger partial charge is 2.00 e. The van der Waals surface area contributed by atoms with Crippen molar-refractivity contribution in [1.82, 2.24) is 9.97 Å². The molecule has 0 aromatic carbocycles. The maximum Gasteiger partial charge on any atom is 2.00 e. The number of carboxylic acids is 2. The maximum absolute atomic E-state index is 10.0. The molecule has 0 saturated heterocycles. The molecule has 0 saturated carbocycles. The molecular formula is C12H8HgN2O4. The van der Waals surface area contributed by atoms with Gasteiger partial charge in [-0.1, -0.05) is 12.1 Å². The quantitative estimate of drug-likeness (QED) is 0.544. The zero-order valence-corrected chi connectivity index (χ0v) is 15.4. The van der Waals surface area contributed by atoms with Gasteiger partial charge in [0, 0.05) is 12.4 Å². The van der Waals surface area contributed by atoms with Crippen molar-refractivity contribution in [1.29, 1.82) is 0 Å². The van der Waals surface area contributed by atoms with Crippen LogP contribution in [-0.2, 0) is 27.7 Å². The Bertz CT molecular complexity index is 470. The molecule has 7 heteroatoms. The topological polar surface area (TPSA) is 106 Å². The van der Waals surface area contributed by atoms with Crippen LogP contribution in [0.5, 0.6) is 0 Å². The van der Waals surface area contributed by atoms with E-state index in [0.717, 1.165) is 0 Å². The summed E-state index contributed by atoms with van der Waals surface area (Å²) < 4.78 is 0. The molecule has 92 valence electrons. The summed E-state index contributed by atoms with van der Waals surface area (Å²) in [4.78, 5) is 27.1. The molecular weight excluding hydrogens is 437 g/mol. The van der Waals surface area contributed by atoms with Crippen LogP contribution in [0, 0.1) is 0 Å². The maximum atomic E-state index is 10.0. The first-order valence-corrected chi connectivity index (χ1v) is 4.86. The van der Waals surface area contributed by atoms with Crippen LogP contribution < -0.4 is 10.2 Å². The predicted octanol–water partition coefficient (Wildman–Crippen LogP) is -1.11. The first kappa shape index (κ1) is 17.2. The summed E-state index contributed by atoms with van der Waals surface area (Å²) in [7, 11) is 0. The Balaban J connectivity index is 0.000000324. The minimum absolute atomic E-state index is 0. The smallest absolute Gasteiger partial charge is 0.543 e. The fourth-order valence-electron chi connectivity index (χ4n) is 0.967. The SMILES string of the molecule is O=C([O-])c1ccccn1.O=C([O-])c1ccccn1.[Hg+2]. The molecule has 0 aliphatic heterocycles.